The van der Waals surface area contributed by atoms with Crippen LogP contribution in [0, 0.1) is 0 Å². The van der Waals surface area contributed by atoms with Crippen LogP contribution in [0.2, 0.25) is 0 Å². The second-order valence-electron chi connectivity index (χ2n) is 5.36. The molecule has 25 heavy (non-hydrogen) atoms. The van der Waals surface area contributed by atoms with Gasteiger partial charge in [-0.2, -0.15) is 5.10 Å². The van der Waals surface area contributed by atoms with E-state index in [1.54, 1.807) is 35.4 Å². The Labute approximate surface area is 144 Å². The van der Waals surface area contributed by atoms with Gasteiger partial charge in [0.25, 0.3) is 0 Å². The number of aliphatic hydroxyl groups is 2. The van der Waals surface area contributed by atoms with Crippen LogP contribution in [0.4, 0.5) is 0 Å². The van der Waals surface area contributed by atoms with Gasteiger partial charge in [0.2, 0.25) is 0 Å². The van der Waals surface area contributed by atoms with Crippen LogP contribution in [-0.2, 0) is 9.53 Å². The predicted molar refractivity (Wildman–Crippen MR) is 89.8 cm³/mol. The van der Waals surface area contributed by atoms with Crippen molar-refractivity contribution in [3.8, 4) is 16.9 Å². The molecule has 7 nitrogen and oxygen atoms in total. The number of esters is 1. The van der Waals surface area contributed by atoms with Crippen molar-refractivity contribution in [2.24, 2.45) is 0 Å². The molecular weight excluding hydrogens is 322 g/mol. The number of nitrogens with zero attached hydrogens (tertiary/aromatic N) is 3. The van der Waals surface area contributed by atoms with Crippen LogP contribution in [0.3, 0.4) is 0 Å². The quantitative estimate of drug-likeness (QED) is 0.684. The summed E-state index contributed by atoms with van der Waals surface area (Å²) < 4.78 is 6.09. The molecule has 2 heterocycles. The summed E-state index contributed by atoms with van der Waals surface area (Å²) in [5, 5.41) is 25.0. The average molecular weight is 339 g/mol. The van der Waals surface area contributed by atoms with E-state index in [1.165, 1.54) is 0 Å². The minimum Gasteiger partial charge on any atom is -0.467 e. The van der Waals surface area contributed by atoms with E-state index in [0.717, 1.165) is 12.8 Å². The first-order chi connectivity index (χ1) is 12.1. The molecule has 0 fully saturated rings. The summed E-state index contributed by atoms with van der Waals surface area (Å²) in [5.74, 6) is -0.916. The van der Waals surface area contributed by atoms with Gasteiger partial charge in [-0.1, -0.05) is 18.2 Å². The van der Waals surface area contributed by atoms with E-state index < -0.39 is 18.2 Å². The molecule has 7 heteroatoms. The highest BCUT2D eigenvalue weighted by Gasteiger charge is 2.30. The van der Waals surface area contributed by atoms with Gasteiger partial charge in [0.15, 0.2) is 6.10 Å². The first-order valence-corrected chi connectivity index (χ1v) is 7.61. The normalized spacial score (nSPS) is 13.2. The Kier molecular flexibility index (Phi) is 4.87. The minimum atomic E-state index is -1.71. The van der Waals surface area contributed by atoms with Crippen molar-refractivity contribution < 1.29 is 19.7 Å². The Balaban J connectivity index is 2.09. The Morgan fingerprint density at radius 3 is 2.44 bits per heavy atom. The molecule has 0 aliphatic carbocycles. The van der Waals surface area contributed by atoms with Gasteiger partial charge in [-0.25, -0.2) is 9.48 Å². The number of para-hydroxylation sites is 1. The minimum absolute atomic E-state index is 0.313. The third kappa shape index (κ3) is 3.42. The summed E-state index contributed by atoms with van der Waals surface area (Å²) in [6.07, 6.45) is 1.60. The van der Waals surface area contributed by atoms with E-state index >= 15 is 0 Å². The van der Waals surface area contributed by atoms with Crippen LogP contribution in [0.5, 0.6) is 0 Å². The highest BCUT2D eigenvalue weighted by molar-refractivity contribution is 5.76. The maximum absolute atomic E-state index is 11.6. The first-order valence-electron chi connectivity index (χ1n) is 7.61. The number of carbonyl (C=O) groups excluding carboxylic acids is 1. The summed E-state index contributed by atoms with van der Waals surface area (Å²) in [7, 11) is 1.15. The van der Waals surface area contributed by atoms with Gasteiger partial charge in [0.1, 0.15) is 6.10 Å². The van der Waals surface area contributed by atoms with E-state index in [4.69, 9.17) is 0 Å². The van der Waals surface area contributed by atoms with Crippen LogP contribution < -0.4 is 0 Å². The monoisotopic (exact) mass is 339 g/mol. The van der Waals surface area contributed by atoms with E-state index in [0.29, 0.717) is 16.8 Å². The van der Waals surface area contributed by atoms with Gasteiger partial charge in [-0.3, -0.25) is 4.98 Å². The zero-order chi connectivity index (χ0) is 17.8. The van der Waals surface area contributed by atoms with Crippen molar-refractivity contribution >= 4 is 5.97 Å². The van der Waals surface area contributed by atoms with E-state index in [9.17, 15) is 15.0 Å². The zero-order valence-corrected chi connectivity index (χ0v) is 13.5. The molecule has 128 valence electrons. The van der Waals surface area contributed by atoms with Gasteiger partial charge < -0.3 is 14.9 Å². The highest BCUT2D eigenvalue weighted by Crippen LogP contribution is 2.30. The Bertz CT molecular complexity index is 849. The number of methoxy groups -OCH3 is 1. The summed E-state index contributed by atoms with van der Waals surface area (Å²) in [6, 6.07) is 12.8. The molecule has 0 saturated carbocycles. The third-order valence-corrected chi connectivity index (χ3v) is 3.78. The maximum atomic E-state index is 11.6. The first kappa shape index (κ1) is 16.8. The molecule has 0 aliphatic rings. The fourth-order valence-electron chi connectivity index (χ4n) is 2.47. The third-order valence-electron chi connectivity index (χ3n) is 3.78. The second-order valence-corrected chi connectivity index (χ2v) is 5.36. The standard InChI is InChI=1S/C18H17N3O4/c1-25-18(24)17(23)16(22)14-11-21(13-5-3-2-4-6-13)20-15(14)12-7-9-19-10-8-12/h2-11,16-17,22-23H,1H3. The number of rotatable bonds is 5. The zero-order valence-electron chi connectivity index (χ0n) is 13.5. The largest absolute Gasteiger partial charge is 0.467 e. The molecular formula is C18H17N3O4. The second kappa shape index (κ2) is 7.25. The predicted octanol–water partition coefficient (Wildman–Crippen LogP) is 1.50. The molecule has 2 unspecified atom stereocenters. The molecule has 3 rings (SSSR count). The van der Waals surface area contributed by atoms with Gasteiger partial charge in [-0.15, -0.1) is 0 Å². The number of hydrogen-bond acceptors (Lipinski definition) is 6. The van der Waals surface area contributed by atoms with Crippen LogP contribution in [0.1, 0.15) is 11.7 Å². The van der Waals surface area contributed by atoms with Gasteiger partial charge in [0, 0.05) is 29.7 Å². The maximum Gasteiger partial charge on any atom is 0.337 e. The lowest BCUT2D eigenvalue weighted by molar-refractivity contribution is -0.156. The number of aromatic nitrogens is 3. The average Bonchev–Trinajstić information content (AvgIpc) is 3.13. The fraction of sp³-hybridized carbons (Fsp3) is 0.167. The number of aliphatic hydroxyl groups excluding tert-OH is 2. The van der Waals surface area contributed by atoms with Crippen LogP contribution >= 0.6 is 0 Å². The SMILES string of the molecule is COC(=O)C(O)C(O)c1cn(-c2ccccc2)nc1-c1ccncc1. The topological polar surface area (TPSA) is 97.5 Å². The van der Waals surface area contributed by atoms with Gasteiger partial charge in [-0.05, 0) is 24.3 Å². The molecule has 0 saturated heterocycles. The van der Waals surface area contributed by atoms with Crippen LogP contribution in [0.25, 0.3) is 16.9 Å². The lowest BCUT2D eigenvalue weighted by Crippen LogP contribution is -2.29. The molecule has 0 bridgehead atoms. The number of carbonyl (C=O) groups is 1. The van der Waals surface area contributed by atoms with Crippen molar-refractivity contribution in [1.82, 2.24) is 14.8 Å². The van der Waals surface area contributed by atoms with Crippen LogP contribution in [-0.4, -0.2) is 44.2 Å². The van der Waals surface area contributed by atoms with Crippen molar-refractivity contribution in [3.05, 3.63) is 66.6 Å². The summed E-state index contributed by atoms with van der Waals surface area (Å²) in [6.45, 7) is 0. The molecule has 1 aromatic carbocycles. The highest BCUT2D eigenvalue weighted by atomic mass is 16.5. The van der Waals surface area contributed by atoms with E-state index in [1.807, 2.05) is 30.3 Å². The smallest absolute Gasteiger partial charge is 0.337 e. The lowest BCUT2D eigenvalue weighted by atomic mass is 10.0. The van der Waals surface area contributed by atoms with Gasteiger partial charge >= 0.3 is 5.97 Å². The number of pyridine rings is 1. The molecule has 2 atom stereocenters. The molecule has 0 amide bonds. The fourth-order valence-corrected chi connectivity index (χ4v) is 2.47. The summed E-state index contributed by atoms with van der Waals surface area (Å²) in [5.41, 5.74) is 2.24. The Morgan fingerprint density at radius 1 is 1.12 bits per heavy atom. The van der Waals surface area contributed by atoms with E-state index in [-0.39, 0.29) is 0 Å². The molecule has 3 aromatic rings. The molecule has 0 aliphatic heterocycles. The molecule has 2 N–H and O–H groups in total. The van der Waals surface area contributed by atoms with Crippen molar-refractivity contribution in [2.45, 2.75) is 12.2 Å². The van der Waals surface area contributed by atoms with Crippen LogP contribution in [0.15, 0.2) is 61.1 Å². The Morgan fingerprint density at radius 2 is 1.80 bits per heavy atom. The molecule has 0 spiro atoms. The van der Waals surface area contributed by atoms with Crippen molar-refractivity contribution in [2.75, 3.05) is 7.11 Å². The van der Waals surface area contributed by atoms with Crippen molar-refractivity contribution in [3.63, 3.8) is 0 Å². The lowest BCUT2D eigenvalue weighted by Gasteiger charge is -2.15. The van der Waals surface area contributed by atoms with E-state index in [2.05, 4.69) is 14.8 Å². The van der Waals surface area contributed by atoms with Crippen molar-refractivity contribution in [1.29, 1.82) is 0 Å². The molecule has 2 aromatic heterocycles. The number of ether oxygens (including phenoxy) is 1. The van der Waals surface area contributed by atoms with Gasteiger partial charge in [0.05, 0.1) is 18.5 Å². The Hall–Kier alpha value is -3.03. The summed E-state index contributed by atoms with van der Waals surface area (Å²) >= 11 is 0. The number of benzene rings is 1. The summed E-state index contributed by atoms with van der Waals surface area (Å²) in [4.78, 5) is 15.5. The number of hydrogen-bond donors (Lipinski definition) is 2. The molecule has 0 radical (unpaired) electrons.